The molecular formula is C11H14O4. The zero-order valence-electron chi connectivity index (χ0n) is 8.55. The lowest BCUT2D eigenvalue weighted by Crippen LogP contribution is -2.29. The molecule has 0 aromatic heterocycles. The molecule has 1 aliphatic rings. The molecule has 0 amide bonds. The molecule has 0 saturated carbocycles. The minimum absolute atomic E-state index is 0.265. The lowest BCUT2D eigenvalue weighted by molar-refractivity contribution is 0.0733. The van der Waals surface area contributed by atoms with E-state index in [0.29, 0.717) is 19.0 Å². The Kier molecular flexibility index (Phi) is 3.08. The molecule has 1 N–H and O–H groups in total. The van der Waals surface area contributed by atoms with E-state index in [1.54, 1.807) is 7.11 Å². The smallest absolute Gasteiger partial charge is 0.150 e. The Morgan fingerprint density at radius 2 is 1.87 bits per heavy atom. The first-order chi connectivity index (χ1) is 7.29. The van der Waals surface area contributed by atoms with Gasteiger partial charge in [0.25, 0.3) is 0 Å². The molecule has 4 heteroatoms. The molecule has 0 bridgehead atoms. The molecule has 1 aromatic carbocycles. The predicted molar refractivity (Wildman–Crippen MR) is 54.2 cm³/mol. The Hall–Kier alpha value is -1.26. The van der Waals surface area contributed by atoms with E-state index in [2.05, 4.69) is 0 Å². The van der Waals surface area contributed by atoms with Crippen molar-refractivity contribution in [3.05, 3.63) is 24.3 Å². The van der Waals surface area contributed by atoms with Crippen LogP contribution in [-0.2, 0) is 4.74 Å². The van der Waals surface area contributed by atoms with Crippen molar-refractivity contribution in [1.82, 2.24) is 0 Å². The van der Waals surface area contributed by atoms with Gasteiger partial charge in [0, 0.05) is 0 Å². The minimum atomic E-state index is -0.535. The molecule has 1 aliphatic heterocycles. The molecule has 0 spiro atoms. The second kappa shape index (κ2) is 4.51. The normalized spacial score (nSPS) is 25.2. The van der Waals surface area contributed by atoms with Crippen molar-refractivity contribution in [2.24, 2.45) is 0 Å². The summed E-state index contributed by atoms with van der Waals surface area (Å²) in [5, 5.41) is 9.48. The van der Waals surface area contributed by atoms with Crippen LogP contribution in [0.4, 0.5) is 0 Å². The summed E-state index contributed by atoms with van der Waals surface area (Å²) in [6.45, 7) is 0.786. The number of ether oxygens (including phenoxy) is 3. The first kappa shape index (κ1) is 10.3. The van der Waals surface area contributed by atoms with E-state index in [4.69, 9.17) is 14.2 Å². The molecule has 2 atom stereocenters. The van der Waals surface area contributed by atoms with Crippen LogP contribution < -0.4 is 9.47 Å². The van der Waals surface area contributed by atoms with Gasteiger partial charge in [-0.3, -0.25) is 0 Å². The maximum atomic E-state index is 9.48. The lowest BCUT2D eigenvalue weighted by Gasteiger charge is -2.15. The molecule has 4 nitrogen and oxygen atoms in total. The highest BCUT2D eigenvalue weighted by atomic mass is 16.6. The average Bonchev–Trinajstić information content (AvgIpc) is 2.66. The van der Waals surface area contributed by atoms with Crippen LogP contribution in [-0.4, -0.2) is 37.6 Å². The fraction of sp³-hybridized carbons (Fsp3) is 0.455. The molecule has 0 aliphatic carbocycles. The summed E-state index contributed by atoms with van der Waals surface area (Å²) in [6.07, 6.45) is -0.800. The van der Waals surface area contributed by atoms with Gasteiger partial charge < -0.3 is 19.3 Å². The molecule has 1 heterocycles. The SMILES string of the molecule is COc1ccc(O[C@@H]2COC[C@H]2O)cc1. The fourth-order valence-electron chi connectivity index (χ4n) is 1.46. The molecule has 1 fully saturated rings. The number of aliphatic hydroxyl groups excluding tert-OH is 1. The Labute approximate surface area is 88.4 Å². The highest BCUT2D eigenvalue weighted by molar-refractivity contribution is 5.31. The van der Waals surface area contributed by atoms with Crippen LogP contribution in [0.1, 0.15) is 0 Å². The van der Waals surface area contributed by atoms with Gasteiger partial charge >= 0.3 is 0 Å². The summed E-state index contributed by atoms with van der Waals surface area (Å²) >= 11 is 0. The van der Waals surface area contributed by atoms with Crippen molar-refractivity contribution in [1.29, 1.82) is 0 Å². The van der Waals surface area contributed by atoms with Gasteiger partial charge in [-0.05, 0) is 24.3 Å². The second-order valence-electron chi connectivity index (χ2n) is 3.44. The van der Waals surface area contributed by atoms with Crippen molar-refractivity contribution >= 4 is 0 Å². The number of aliphatic hydroxyl groups is 1. The summed E-state index contributed by atoms with van der Waals surface area (Å²) in [4.78, 5) is 0. The summed E-state index contributed by atoms with van der Waals surface area (Å²) < 4.78 is 15.7. The topological polar surface area (TPSA) is 47.9 Å². The van der Waals surface area contributed by atoms with Crippen LogP contribution >= 0.6 is 0 Å². The standard InChI is InChI=1S/C11H14O4/c1-13-8-2-4-9(5-3-8)15-11-7-14-6-10(11)12/h2-5,10-12H,6-7H2,1H3/t10-,11-/m1/s1. The number of rotatable bonds is 3. The molecule has 15 heavy (non-hydrogen) atoms. The Bertz CT molecular complexity index is 309. The van der Waals surface area contributed by atoms with Crippen LogP contribution in [0.25, 0.3) is 0 Å². The monoisotopic (exact) mass is 210 g/mol. The van der Waals surface area contributed by atoms with Gasteiger partial charge in [0.15, 0.2) is 0 Å². The molecule has 1 saturated heterocycles. The first-order valence-corrected chi connectivity index (χ1v) is 4.86. The lowest BCUT2D eigenvalue weighted by atomic mass is 10.2. The van der Waals surface area contributed by atoms with Crippen molar-refractivity contribution < 1.29 is 19.3 Å². The van der Waals surface area contributed by atoms with Gasteiger partial charge in [0.2, 0.25) is 0 Å². The van der Waals surface area contributed by atoms with Crippen molar-refractivity contribution in [2.45, 2.75) is 12.2 Å². The minimum Gasteiger partial charge on any atom is -0.497 e. The van der Waals surface area contributed by atoms with Crippen LogP contribution in [0.15, 0.2) is 24.3 Å². The van der Waals surface area contributed by atoms with Crippen molar-refractivity contribution in [3.8, 4) is 11.5 Å². The maximum Gasteiger partial charge on any atom is 0.150 e. The van der Waals surface area contributed by atoms with Gasteiger partial charge in [-0.1, -0.05) is 0 Å². The van der Waals surface area contributed by atoms with E-state index in [9.17, 15) is 5.11 Å². The third kappa shape index (κ3) is 2.40. The van der Waals surface area contributed by atoms with Gasteiger partial charge in [-0.2, -0.15) is 0 Å². The van der Waals surface area contributed by atoms with E-state index in [-0.39, 0.29) is 6.10 Å². The highest BCUT2D eigenvalue weighted by Crippen LogP contribution is 2.20. The van der Waals surface area contributed by atoms with Gasteiger partial charge in [0.1, 0.15) is 23.7 Å². The van der Waals surface area contributed by atoms with E-state index < -0.39 is 6.10 Å². The maximum absolute atomic E-state index is 9.48. The highest BCUT2D eigenvalue weighted by Gasteiger charge is 2.27. The summed E-state index contributed by atoms with van der Waals surface area (Å²) in [5.74, 6) is 1.50. The molecule has 2 rings (SSSR count). The largest absolute Gasteiger partial charge is 0.497 e. The van der Waals surface area contributed by atoms with Gasteiger partial charge in [-0.25, -0.2) is 0 Å². The molecule has 82 valence electrons. The van der Waals surface area contributed by atoms with Crippen molar-refractivity contribution in [3.63, 3.8) is 0 Å². The molecule has 1 aromatic rings. The summed E-state index contributed by atoms with van der Waals surface area (Å²) in [6, 6.07) is 7.25. The number of methoxy groups -OCH3 is 1. The van der Waals surface area contributed by atoms with Gasteiger partial charge in [-0.15, -0.1) is 0 Å². The third-order valence-electron chi connectivity index (χ3n) is 2.35. The Morgan fingerprint density at radius 3 is 2.40 bits per heavy atom. The average molecular weight is 210 g/mol. The Morgan fingerprint density at radius 1 is 1.20 bits per heavy atom. The van der Waals surface area contributed by atoms with E-state index >= 15 is 0 Å². The summed E-state index contributed by atoms with van der Waals surface area (Å²) in [5.41, 5.74) is 0. The fourth-order valence-corrected chi connectivity index (χ4v) is 1.46. The first-order valence-electron chi connectivity index (χ1n) is 4.86. The number of hydrogen-bond acceptors (Lipinski definition) is 4. The van der Waals surface area contributed by atoms with Crippen LogP contribution in [0, 0.1) is 0 Å². The van der Waals surface area contributed by atoms with Crippen LogP contribution in [0.3, 0.4) is 0 Å². The predicted octanol–water partition coefficient (Wildman–Crippen LogP) is 0.834. The second-order valence-corrected chi connectivity index (χ2v) is 3.44. The third-order valence-corrected chi connectivity index (χ3v) is 2.35. The van der Waals surface area contributed by atoms with Crippen molar-refractivity contribution in [2.75, 3.05) is 20.3 Å². The molecule has 0 radical (unpaired) electrons. The summed E-state index contributed by atoms with van der Waals surface area (Å²) in [7, 11) is 1.62. The quantitative estimate of drug-likeness (QED) is 0.803. The number of benzene rings is 1. The van der Waals surface area contributed by atoms with E-state index in [0.717, 1.165) is 5.75 Å². The number of hydrogen-bond donors (Lipinski definition) is 1. The molecular weight excluding hydrogens is 196 g/mol. The Balaban J connectivity index is 1.98. The van der Waals surface area contributed by atoms with Gasteiger partial charge in [0.05, 0.1) is 20.3 Å². The van der Waals surface area contributed by atoms with E-state index in [1.807, 2.05) is 24.3 Å². The van der Waals surface area contributed by atoms with Crippen LogP contribution in [0.2, 0.25) is 0 Å². The van der Waals surface area contributed by atoms with E-state index in [1.165, 1.54) is 0 Å². The molecule has 0 unspecified atom stereocenters. The zero-order chi connectivity index (χ0) is 10.7. The van der Waals surface area contributed by atoms with Crippen LogP contribution in [0.5, 0.6) is 11.5 Å². The zero-order valence-corrected chi connectivity index (χ0v) is 8.55.